The minimum Gasteiger partial charge on any atom is -0.342 e. The summed E-state index contributed by atoms with van der Waals surface area (Å²) >= 11 is 0. The summed E-state index contributed by atoms with van der Waals surface area (Å²) in [5, 5.41) is 0. The van der Waals surface area contributed by atoms with E-state index >= 15 is 0 Å². The van der Waals surface area contributed by atoms with E-state index in [2.05, 4.69) is 17.0 Å². The largest absolute Gasteiger partial charge is 0.342 e. The quantitative estimate of drug-likeness (QED) is 0.704. The van der Waals surface area contributed by atoms with Crippen molar-refractivity contribution in [1.29, 1.82) is 0 Å². The third kappa shape index (κ3) is 3.07. The zero-order chi connectivity index (χ0) is 19.0. The molecule has 0 aliphatic carbocycles. The lowest BCUT2D eigenvalue weighted by Gasteiger charge is -2.28. The predicted octanol–water partition coefficient (Wildman–Crippen LogP) is 1.67. The van der Waals surface area contributed by atoms with Crippen LogP contribution in [-0.2, 0) is 27.1 Å². The van der Waals surface area contributed by atoms with E-state index in [1.54, 1.807) is 7.05 Å². The molecule has 0 amide bonds. The highest BCUT2D eigenvalue weighted by Gasteiger charge is 2.23. The van der Waals surface area contributed by atoms with Gasteiger partial charge in [-0.25, -0.2) is 4.79 Å². The maximum Gasteiger partial charge on any atom is 0.332 e. The number of aryl methyl sites for hydroxylation is 3. The van der Waals surface area contributed by atoms with Crippen molar-refractivity contribution < 1.29 is 0 Å². The number of hydrogen-bond acceptors (Lipinski definition) is 4. The van der Waals surface area contributed by atoms with Gasteiger partial charge in [0, 0.05) is 33.7 Å². The van der Waals surface area contributed by atoms with Crippen LogP contribution in [0, 0.1) is 0 Å². The Balaban J connectivity index is 1.87. The van der Waals surface area contributed by atoms with Crippen molar-refractivity contribution in [2.45, 2.75) is 32.2 Å². The molecule has 4 rings (SSSR count). The third-order valence-electron chi connectivity index (χ3n) is 5.43. The van der Waals surface area contributed by atoms with Gasteiger partial charge in [0.05, 0.1) is 0 Å². The van der Waals surface area contributed by atoms with Gasteiger partial charge < -0.3 is 9.47 Å². The molecule has 7 nitrogen and oxygen atoms in total. The average molecular weight is 367 g/mol. The molecular formula is C20H25N5O2. The first-order chi connectivity index (χ1) is 13.1. The molecule has 2 aromatic heterocycles. The van der Waals surface area contributed by atoms with E-state index in [0.29, 0.717) is 17.7 Å². The lowest BCUT2D eigenvalue weighted by atomic mass is 10.1. The van der Waals surface area contributed by atoms with Crippen LogP contribution in [0.25, 0.3) is 11.2 Å². The summed E-state index contributed by atoms with van der Waals surface area (Å²) in [6.45, 7) is 2.52. The first kappa shape index (κ1) is 17.6. The monoisotopic (exact) mass is 367 g/mol. The van der Waals surface area contributed by atoms with Gasteiger partial charge in [0.25, 0.3) is 5.56 Å². The second-order valence-electron chi connectivity index (χ2n) is 7.22. The first-order valence-electron chi connectivity index (χ1n) is 9.53. The first-order valence-corrected chi connectivity index (χ1v) is 9.53. The van der Waals surface area contributed by atoms with E-state index in [9.17, 15) is 9.59 Å². The Morgan fingerprint density at radius 3 is 2.37 bits per heavy atom. The molecule has 1 saturated heterocycles. The van der Waals surface area contributed by atoms with Crippen LogP contribution in [0.3, 0.4) is 0 Å². The molecule has 1 fully saturated rings. The number of benzene rings is 1. The summed E-state index contributed by atoms with van der Waals surface area (Å²) in [6, 6.07) is 10.2. The molecule has 0 unspecified atom stereocenters. The van der Waals surface area contributed by atoms with Crippen LogP contribution in [-0.4, -0.2) is 31.8 Å². The predicted molar refractivity (Wildman–Crippen MR) is 106 cm³/mol. The van der Waals surface area contributed by atoms with Gasteiger partial charge in [0.2, 0.25) is 5.95 Å². The molecule has 1 aliphatic rings. The van der Waals surface area contributed by atoms with Crippen molar-refractivity contribution in [3.63, 3.8) is 0 Å². The Hall–Kier alpha value is -2.83. The Labute approximate surface area is 157 Å². The number of aromatic nitrogens is 4. The van der Waals surface area contributed by atoms with Crippen molar-refractivity contribution in [3.05, 3.63) is 56.7 Å². The summed E-state index contributed by atoms with van der Waals surface area (Å²) in [4.78, 5) is 32.2. The maximum absolute atomic E-state index is 12.9. The fraction of sp³-hybridized carbons (Fsp3) is 0.450. The van der Waals surface area contributed by atoms with E-state index in [-0.39, 0.29) is 11.2 Å². The highest BCUT2D eigenvalue weighted by molar-refractivity contribution is 5.74. The smallest absolute Gasteiger partial charge is 0.332 e. The number of anilines is 1. The van der Waals surface area contributed by atoms with Gasteiger partial charge in [-0.3, -0.25) is 13.9 Å². The van der Waals surface area contributed by atoms with Gasteiger partial charge in [-0.15, -0.1) is 0 Å². The molecule has 142 valence electrons. The van der Waals surface area contributed by atoms with Crippen LogP contribution in [0.5, 0.6) is 0 Å². The molecule has 7 heteroatoms. The summed E-state index contributed by atoms with van der Waals surface area (Å²) < 4.78 is 4.65. The van der Waals surface area contributed by atoms with Crippen LogP contribution in [0.4, 0.5) is 5.95 Å². The zero-order valence-corrected chi connectivity index (χ0v) is 15.9. The molecular weight excluding hydrogens is 342 g/mol. The number of piperidine rings is 1. The van der Waals surface area contributed by atoms with Crippen LogP contribution in [0.2, 0.25) is 0 Å². The van der Waals surface area contributed by atoms with E-state index in [0.717, 1.165) is 38.3 Å². The van der Waals surface area contributed by atoms with Crippen molar-refractivity contribution in [1.82, 2.24) is 18.7 Å². The number of nitrogens with zero attached hydrogens (tertiary/aromatic N) is 5. The lowest BCUT2D eigenvalue weighted by Crippen LogP contribution is -2.37. The molecule has 0 saturated carbocycles. The van der Waals surface area contributed by atoms with E-state index < -0.39 is 0 Å². The SMILES string of the molecule is Cn1c(=O)c2c(nc(N3CCCCC3)n2CCc2ccccc2)n(C)c1=O. The highest BCUT2D eigenvalue weighted by Crippen LogP contribution is 2.23. The summed E-state index contributed by atoms with van der Waals surface area (Å²) in [5.74, 6) is 0.805. The average Bonchev–Trinajstić information content (AvgIpc) is 3.10. The molecule has 27 heavy (non-hydrogen) atoms. The molecule has 3 aromatic rings. The molecule has 0 radical (unpaired) electrons. The van der Waals surface area contributed by atoms with Crippen molar-refractivity contribution >= 4 is 17.1 Å². The Bertz CT molecular complexity index is 1070. The molecule has 0 bridgehead atoms. The van der Waals surface area contributed by atoms with Crippen molar-refractivity contribution in [2.24, 2.45) is 14.1 Å². The fourth-order valence-electron chi connectivity index (χ4n) is 3.87. The van der Waals surface area contributed by atoms with Gasteiger partial charge >= 0.3 is 5.69 Å². The van der Waals surface area contributed by atoms with E-state index in [4.69, 9.17) is 4.98 Å². The van der Waals surface area contributed by atoms with Crippen LogP contribution < -0.4 is 16.1 Å². The van der Waals surface area contributed by atoms with Crippen molar-refractivity contribution in [3.8, 4) is 0 Å². The molecule has 0 atom stereocenters. The fourth-order valence-corrected chi connectivity index (χ4v) is 3.87. The molecule has 3 heterocycles. The van der Waals surface area contributed by atoms with Gasteiger partial charge in [0.1, 0.15) is 0 Å². The number of hydrogen-bond donors (Lipinski definition) is 0. The zero-order valence-electron chi connectivity index (χ0n) is 15.9. The topological polar surface area (TPSA) is 65.1 Å². The second kappa shape index (κ2) is 7.06. The Morgan fingerprint density at radius 2 is 1.67 bits per heavy atom. The Kier molecular flexibility index (Phi) is 4.59. The van der Waals surface area contributed by atoms with Gasteiger partial charge in [-0.1, -0.05) is 30.3 Å². The number of rotatable bonds is 4. The summed E-state index contributed by atoms with van der Waals surface area (Å²) in [6.07, 6.45) is 4.28. The number of fused-ring (bicyclic) bond motifs is 1. The van der Waals surface area contributed by atoms with E-state index in [1.807, 2.05) is 22.8 Å². The normalized spacial score (nSPS) is 14.8. The van der Waals surface area contributed by atoms with Gasteiger partial charge in [0.15, 0.2) is 11.2 Å². The van der Waals surface area contributed by atoms with Crippen molar-refractivity contribution in [2.75, 3.05) is 18.0 Å². The summed E-state index contributed by atoms with van der Waals surface area (Å²) in [7, 11) is 3.21. The van der Waals surface area contributed by atoms with E-state index in [1.165, 1.54) is 28.2 Å². The molecule has 1 aliphatic heterocycles. The van der Waals surface area contributed by atoms with Gasteiger partial charge in [-0.05, 0) is 31.2 Å². The van der Waals surface area contributed by atoms with Gasteiger partial charge in [-0.2, -0.15) is 4.98 Å². The molecule has 0 spiro atoms. The maximum atomic E-state index is 12.9. The minimum absolute atomic E-state index is 0.281. The second-order valence-corrected chi connectivity index (χ2v) is 7.22. The van der Waals surface area contributed by atoms with Crippen LogP contribution in [0.15, 0.2) is 39.9 Å². The molecule has 0 N–H and O–H groups in total. The van der Waals surface area contributed by atoms with Crippen LogP contribution >= 0.6 is 0 Å². The highest BCUT2D eigenvalue weighted by atomic mass is 16.2. The minimum atomic E-state index is -0.342. The Morgan fingerprint density at radius 1 is 0.963 bits per heavy atom. The third-order valence-corrected chi connectivity index (χ3v) is 5.43. The summed E-state index contributed by atoms with van der Waals surface area (Å²) in [5.41, 5.74) is 1.57. The molecule has 1 aromatic carbocycles. The number of imidazole rings is 1. The standard InChI is InChI=1S/C20H25N5O2/c1-22-17-16(18(26)23(2)20(22)27)25(14-11-15-9-5-3-6-10-15)19(21-17)24-12-7-4-8-13-24/h3,5-6,9-10H,4,7-8,11-14H2,1-2H3. The van der Waals surface area contributed by atoms with Crippen LogP contribution in [0.1, 0.15) is 24.8 Å². The lowest BCUT2D eigenvalue weighted by molar-refractivity contribution is 0.554.